The van der Waals surface area contributed by atoms with E-state index in [9.17, 15) is 50.0 Å². The summed E-state index contributed by atoms with van der Waals surface area (Å²) in [6.45, 7) is 3.72. The minimum Gasteiger partial charge on any atom is -0.393 e. The summed E-state index contributed by atoms with van der Waals surface area (Å²) in [6, 6.07) is -1.15. The maximum absolute atomic E-state index is 12.9. The van der Waals surface area contributed by atoms with Gasteiger partial charge in [0.1, 0.15) is 36.6 Å². The Morgan fingerprint density at radius 3 is 1.36 bits per heavy atom. The molecule has 0 aromatic rings. The van der Waals surface area contributed by atoms with E-state index in [0.717, 1.165) is 51.4 Å². The van der Waals surface area contributed by atoms with E-state index in [1.54, 1.807) is 0 Å². The summed E-state index contributed by atoms with van der Waals surface area (Å²) in [6.07, 6.45) is 13.3. The molecule has 1 fully saturated rings. The largest absolute Gasteiger partial charge is 0.472 e. The molecule has 1 saturated carbocycles. The number of carbonyl (C=O) groups excluding carboxylic acids is 1. The van der Waals surface area contributed by atoms with Crippen molar-refractivity contribution in [1.29, 1.82) is 0 Å². The van der Waals surface area contributed by atoms with Crippen molar-refractivity contribution in [1.82, 2.24) is 5.32 Å². The number of hydrogen-bond acceptors (Lipinski definition) is 11. The van der Waals surface area contributed by atoms with Gasteiger partial charge in [0.25, 0.3) is 0 Å². The monoisotopic (exact) mass is 784 g/mol. The van der Waals surface area contributed by atoms with Gasteiger partial charge < -0.3 is 46.0 Å². The first kappa shape index (κ1) is 50.3. The number of aliphatic hydroxyl groups excluding tert-OH is 7. The lowest BCUT2D eigenvalue weighted by Gasteiger charge is -2.41. The van der Waals surface area contributed by atoms with E-state index in [1.165, 1.54) is 89.9 Å². The van der Waals surface area contributed by atoms with Crippen LogP contribution in [-0.2, 0) is 18.4 Å². The number of rotatable bonds is 34. The molecular weight excluding hydrogens is 705 g/mol. The van der Waals surface area contributed by atoms with Crippen LogP contribution in [0.15, 0.2) is 0 Å². The van der Waals surface area contributed by atoms with Crippen LogP contribution in [0.4, 0.5) is 0 Å². The molecule has 8 atom stereocenters. The van der Waals surface area contributed by atoms with Crippen LogP contribution < -0.4 is 5.32 Å². The Hall–Kier alpha value is -0.700. The van der Waals surface area contributed by atoms with Crippen LogP contribution in [0, 0.1) is 0 Å². The first-order valence-corrected chi connectivity index (χ1v) is 22.6. The molecule has 0 spiro atoms. The van der Waals surface area contributed by atoms with Crippen LogP contribution in [0.5, 0.6) is 0 Å². The minimum atomic E-state index is -5.10. The molecule has 0 heterocycles. The SMILES string of the molecule is CCCCCCCCCCCCCCCCCC(O)CC(=O)NC(COP(=O)(O)OC1C(O)C(O)C(O)C(O)C1O)C(O)CCCCCCCCCC. The van der Waals surface area contributed by atoms with Crippen LogP contribution in [0.3, 0.4) is 0 Å². The second-order valence-corrected chi connectivity index (χ2v) is 16.8. The molecular formula is C39H78NO12P. The summed E-state index contributed by atoms with van der Waals surface area (Å²) in [5.74, 6) is -0.561. The van der Waals surface area contributed by atoms with Gasteiger partial charge in [0.2, 0.25) is 5.91 Å². The summed E-state index contributed by atoms with van der Waals surface area (Å²) < 4.78 is 22.8. The molecule has 0 saturated heterocycles. The summed E-state index contributed by atoms with van der Waals surface area (Å²) in [5, 5.41) is 74.2. The number of hydrogen-bond donors (Lipinski definition) is 9. The Balaban J connectivity index is 2.51. The van der Waals surface area contributed by atoms with Crippen LogP contribution in [0.1, 0.15) is 181 Å². The number of phosphoric acid groups is 1. The molecule has 0 aliphatic heterocycles. The lowest BCUT2D eigenvalue weighted by atomic mass is 9.85. The average Bonchev–Trinajstić information content (AvgIpc) is 3.12. The van der Waals surface area contributed by atoms with Crippen molar-refractivity contribution in [2.24, 2.45) is 0 Å². The highest BCUT2D eigenvalue weighted by Gasteiger charge is 2.51. The molecule has 9 N–H and O–H groups in total. The van der Waals surface area contributed by atoms with Gasteiger partial charge in [-0.1, -0.05) is 162 Å². The fraction of sp³-hybridized carbons (Fsp3) is 0.974. The van der Waals surface area contributed by atoms with Crippen molar-refractivity contribution in [3.63, 3.8) is 0 Å². The van der Waals surface area contributed by atoms with Crippen LogP contribution in [-0.4, -0.2) is 108 Å². The van der Waals surface area contributed by atoms with Gasteiger partial charge in [-0.15, -0.1) is 0 Å². The molecule has 1 aliphatic carbocycles. The predicted molar refractivity (Wildman–Crippen MR) is 206 cm³/mol. The van der Waals surface area contributed by atoms with Gasteiger partial charge in [0, 0.05) is 0 Å². The molecule has 0 bridgehead atoms. The van der Waals surface area contributed by atoms with Gasteiger partial charge >= 0.3 is 7.82 Å². The van der Waals surface area contributed by atoms with Gasteiger partial charge in [-0.2, -0.15) is 0 Å². The quantitative estimate of drug-likeness (QED) is 0.0283. The number of phosphoric ester groups is 1. The Labute approximate surface area is 319 Å². The van der Waals surface area contributed by atoms with Gasteiger partial charge in [-0.05, 0) is 12.8 Å². The van der Waals surface area contributed by atoms with Gasteiger partial charge in [-0.3, -0.25) is 13.8 Å². The van der Waals surface area contributed by atoms with Crippen molar-refractivity contribution >= 4 is 13.7 Å². The summed E-state index contributed by atoms with van der Waals surface area (Å²) in [7, 11) is -5.10. The van der Waals surface area contributed by atoms with Crippen LogP contribution >= 0.6 is 7.82 Å². The van der Waals surface area contributed by atoms with Gasteiger partial charge in [-0.25, -0.2) is 4.57 Å². The van der Waals surface area contributed by atoms with Crippen LogP contribution in [0.25, 0.3) is 0 Å². The van der Waals surface area contributed by atoms with E-state index in [4.69, 9.17) is 9.05 Å². The van der Waals surface area contributed by atoms with Crippen molar-refractivity contribution in [3.05, 3.63) is 0 Å². The number of nitrogens with one attached hydrogen (secondary N) is 1. The second-order valence-electron chi connectivity index (χ2n) is 15.4. The number of amides is 1. The normalized spacial score (nSPS) is 24.8. The molecule has 316 valence electrons. The fourth-order valence-electron chi connectivity index (χ4n) is 6.95. The molecule has 0 radical (unpaired) electrons. The predicted octanol–water partition coefficient (Wildman–Crippen LogP) is 5.70. The smallest absolute Gasteiger partial charge is 0.393 e. The third-order valence-electron chi connectivity index (χ3n) is 10.5. The van der Waals surface area contributed by atoms with E-state index >= 15 is 0 Å². The topological polar surface area (TPSA) is 226 Å². The Morgan fingerprint density at radius 2 is 0.943 bits per heavy atom. The first-order valence-electron chi connectivity index (χ1n) is 21.1. The Bertz CT molecular complexity index is 932. The van der Waals surface area contributed by atoms with Crippen LogP contribution in [0.2, 0.25) is 0 Å². The molecule has 8 unspecified atom stereocenters. The maximum atomic E-state index is 12.9. The third-order valence-corrected chi connectivity index (χ3v) is 11.5. The van der Waals surface area contributed by atoms with E-state index in [1.807, 2.05) is 0 Å². The lowest BCUT2D eigenvalue weighted by Crippen LogP contribution is -2.64. The van der Waals surface area contributed by atoms with Crippen molar-refractivity contribution in [3.8, 4) is 0 Å². The van der Waals surface area contributed by atoms with Crippen molar-refractivity contribution < 1.29 is 59.0 Å². The molecule has 1 rings (SSSR count). The Kier molecular flexibility index (Phi) is 28.9. The van der Waals surface area contributed by atoms with Crippen molar-refractivity contribution in [2.45, 2.75) is 236 Å². The number of unbranched alkanes of at least 4 members (excludes halogenated alkanes) is 21. The Morgan fingerprint density at radius 1 is 0.585 bits per heavy atom. The maximum Gasteiger partial charge on any atom is 0.472 e. The van der Waals surface area contributed by atoms with E-state index < -0.39 is 75.2 Å². The molecule has 14 heteroatoms. The number of aliphatic hydroxyl groups is 7. The van der Waals surface area contributed by atoms with E-state index in [0.29, 0.717) is 12.8 Å². The molecule has 0 aromatic heterocycles. The van der Waals surface area contributed by atoms with Crippen molar-refractivity contribution in [2.75, 3.05) is 6.61 Å². The van der Waals surface area contributed by atoms with E-state index in [-0.39, 0.29) is 12.8 Å². The average molecular weight is 784 g/mol. The molecule has 0 aromatic carbocycles. The summed E-state index contributed by atoms with van der Waals surface area (Å²) in [4.78, 5) is 23.3. The lowest BCUT2D eigenvalue weighted by molar-refractivity contribution is -0.220. The highest BCUT2D eigenvalue weighted by molar-refractivity contribution is 7.47. The highest BCUT2D eigenvalue weighted by atomic mass is 31.2. The van der Waals surface area contributed by atoms with Gasteiger partial charge in [0.05, 0.1) is 31.3 Å². The fourth-order valence-corrected chi connectivity index (χ4v) is 7.92. The zero-order valence-electron chi connectivity index (χ0n) is 32.9. The zero-order valence-corrected chi connectivity index (χ0v) is 33.8. The second kappa shape index (κ2) is 30.4. The third kappa shape index (κ3) is 23.2. The zero-order chi connectivity index (χ0) is 39.5. The standard InChI is InChI=1S/C39H78NO12P/c1-3-5-7-9-11-13-14-15-16-17-18-19-20-22-24-26-30(41)28-33(43)40-31(32(42)27-25-23-21-12-10-8-6-4-2)29-51-53(49,50)52-39-37(47)35(45)34(44)36(46)38(39)48/h30-32,34-39,41-42,44-48H,3-29H2,1-2H3,(H,40,43)(H,49,50). The van der Waals surface area contributed by atoms with E-state index in [2.05, 4.69) is 19.2 Å². The summed E-state index contributed by atoms with van der Waals surface area (Å²) in [5.41, 5.74) is 0. The molecule has 1 amide bonds. The molecule has 53 heavy (non-hydrogen) atoms. The van der Waals surface area contributed by atoms with Gasteiger partial charge in [0.15, 0.2) is 0 Å². The summed E-state index contributed by atoms with van der Waals surface area (Å²) >= 11 is 0. The number of carbonyl (C=O) groups is 1. The first-order chi connectivity index (χ1) is 25.3. The highest BCUT2D eigenvalue weighted by Crippen LogP contribution is 2.47. The molecule has 13 nitrogen and oxygen atoms in total. The minimum absolute atomic E-state index is 0.217. The molecule has 1 aliphatic rings.